The second-order valence-electron chi connectivity index (χ2n) is 17.8. The van der Waals surface area contributed by atoms with Gasteiger partial charge in [0.1, 0.15) is 59.8 Å². The molecule has 1 amide bonds. The molecule has 0 aromatic heterocycles. The van der Waals surface area contributed by atoms with Gasteiger partial charge in [0.05, 0.1) is 32.4 Å². The summed E-state index contributed by atoms with van der Waals surface area (Å²) in [6.45, 7) is 4.07. The lowest BCUT2D eigenvalue weighted by atomic mass is 9.62. The second-order valence-corrected chi connectivity index (χ2v) is 17.8. The number of esters is 2. The van der Waals surface area contributed by atoms with Crippen molar-refractivity contribution < 1.29 is 73.2 Å². The van der Waals surface area contributed by atoms with Gasteiger partial charge in [0.2, 0.25) is 11.7 Å². The van der Waals surface area contributed by atoms with E-state index in [4.69, 9.17) is 33.3 Å². The molecule has 0 unspecified atom stereocenters. The van der Waals surface area contributed by atoms with E-state index in [2.05, 4.69) is 5.32 Å². The van der Waals surface area contributed by atoms with E-state index in [0.717, 1.165) is 0 Å². The summed E-state index contributed by atoms with van der Waals surface area (Å²) >= 11 is 0. The third-order valence-corrected chi connectivity index (χ3v) is 12.4. The Morgan fingerprint density at radius 2 is 1.56 bits per heavy atom. The van der Waals surface area contributed by atoms with Crippen LogP contribution in [0.2, 0.25) is 0 Å². The number of benzene rings is 3. The monoisotopic (exact) mass is 888 g/mol. The van der Waals surface area contributed by atoms with Crippen LogP contribution in [0.25, 0.3) is 6.08 Å². The molecule has 0 spiro atoms. The van der Waals surface area contributed by atoms with Crippen LogP contribution >= 0.6 is 0 Å². The number of aliphatic hydroxyl groups is 5. The molecule has 5 fully saturated rings. The molecule has 17 heteroatoms. The standard InChI is InChI=1S/C47H56N2O15/c1-45(2,3)61-34(52)21-20-31(25-50)48-44(57)46-23-32-38-39(63-47(62-38,29-16-6-4-7-17-29)30-18-8-5-9-19-30)41(46)64-49(40(46)42(56)59-32)24-28-14-11-10-13-27(28)15-12-22-58-43-37(55)36(54)35(53)33(26-51)60-43/h4-19,31-33,35-41,43,50-51,53-55H,20-26H2,1-3H3,(H,48,57)/t31-,32+,33+,35-,36-,37+,38-,39-,40-,41+,43-,46-/m0/s1. The van der Waals surface area contributed by atoms with Gasteiger partial charge in [-0.1, -0.05) is 97.1 Å². The summed E-state index contributed by atoms with van der Waals surface area (Å²) < 4.78 is 36.8. The third-order valence-electron chi connectivity index (χ3n) is 12.4. The minimum Gasteiger partial charge on any atom is -0.460 e. The van der Waals surface area contributed by atoms with Crippen LogP contribution < -0.4 is 5.32 Å². The van der Waals surface area contributed by atoms with Crippen molar-refractivity contribution in [2.24, 2.45) is 5.41 Å². The molecule has 2 bridgehead atoms. The van der Waals surface area contributed by atoms with Gasteiger partial charge in [-0.05, 0) is 38.3 Å². The average molecular weight is 889 g/mol. The number of nitrogens with zero attached hydrogens (tertiary/aromatic N) is 1. The molecule has 3 aromatic carbocycles. The van der Waals surface area contributed by atoms with E-state index < -0.39 is 115 Å². The van der Waals surface area contributed by atoms with Gasteiger partial charge in [0.25, 0.3) is 0 Å². The smallest absolute Gasteiger partial charge is 0.327 e. The Balaban J connectivity index is 1.10. The zero-order valence-corrected chi connectivity index (χ0v) is 35.8. The SMILES string of the molecule is CC(C)(C)OC(=O)CC[C@@H](CO)NC(=O)[C@@]12C[C@H]3OC(=O)[C@@H]1N(Cc1ccccc1C=CCO[C@H]1O[C@H](CO)[C@H](O)[C@H](O)[C@H]1O)O[C@@H]2[C@H]1OC(c2ccccc2)(c2ccccc2)O[C@H]13. The highest BCUT2D eigenvalue weighted by molar-refractivity contribution is 5.94. The maximum atomic E-state index is 15.1. The van der Waals surface area contributed by atoms with Crippen molar-refractivity contribution >= 4 is 23.9 Å². The lowest BCUT2D eigenvalue weighted by Crippen LogP contribution is -2.70. The molecule has 5 aliphatic rings. The topological polar surface area (TPSA) is 232 Å². The molecule has 12 atom stereocenters. The number of hydrogen-bond acceptors (Lipinski definition) is 16. The Morgan fingerprint density at radius 3 is 2.22 bits per heavy atom. The predicted molar refractivity (Wildman–Crippen MR) is 224 cm³/mol. The van der Waals surface area contributed by atoms with Gasteiger partial charge in [-0.15, -0.1) is 0 Å². The maximum Gasteiger partial charge on any atom is 0.327 e. The molecule has 8 rings (SSSR count). The summed E-state index contributed by atoms with van der Waals surface area (Å²) in [6.07, 6.45) is -7.58. The highest BCUT2D eigenvalue weighted by Gasteiger charge is 2.76. The first-order valence-corrected chi connectivity index (χ1v) is 21.6. The number of carbonyl (C=O) groups is 3. The molecule has 4 aliphatic heterocycles. The average Bonchev–Trinajstić information content (AvgIpc) is 3.87. The fourth-order valence-corrected chi connectivity index (χ4v) is 9.44. The number of hydrogen-bond donors (Lipinski definition) is 6. The molecule has 3 aromatic rings. The van der Waals surface area contributed by atoms with Crippen molar-refractivity contribution in [3.63, 3.8) is 0 Å². The quantitative estimate of drug-likeness (QED) is 0.119. The fourth-order valence-electron chi connectivity index (χ4n) is 9.44. The van der Waals surface area contributed by atoms with Crippen molar-refractivity contribution in [1.29, 1.82) is 0 Å². The molecule has 1 saturated carbocycles. The fraction of sp³-hybridized carbons (Fsp3) is 0.511. The Hall–Kier alpha value is -4.63. The minimum atomic E-state index is -1.61. The largest absolute Gasteiger partial charge is 0.460 e. The molecule has 6 N–H and O–H groups in total. The van der Waals surface area contributed by atoms with Crippen molar-refractivity contribution in [3.05, 3.63) is 113 Å². The van der Waals surface area contributed by atoms with Crippen LogP contribution in [0, 0.1) is 5.41 Å². The number of carbonyl (C=O) groups excluding carboxylic acids is 3. The number of amides is 1. The van der Waals surface area contributed by atoms with Gasteiger partial charge in [-0.3, -0.25) is 19.2 Å². The predicted octanol–water partition coefficient (Wildman–Crippen LogP) is 1.60. The number of aliphatic hydroxyl groups excluding tert-OH is 5. The van der Waals surface area contributed by atoms with Crippen LogP contribution in [-0.4, -0.2) is 141 Å². The van der Waals surface area contributed by atoms with Crippen LogP contribution in [0.1, 0.15) is 62.3 Å². The zero-order valence-electron chi connectivity index (χ0n) is 35.8. The first kappa shape index (κ1) is 45.9. The number of hydroxylamine groups is 2. The molecule has 0 radical (unpaired) electrons. The lowest BCUT2D eigenvalue weighted by Gasteiger charge is -2.49. The normalized spacial score (nSPS) is 32.5. The zero-order chi connectivity index (χ0) is 45.4. The van der Waals surface area contributed by atoms with Crippen LogP contribution in [0.15, 0.2) is 91.0 Å². The number of ether oxygens (including phenoxy) is 6. The molecule has 64 heavy (non-hydrogen) atoms. The van der Waals surface area contributed by atoms with E-state index in [1.807, 2.05) is 84.9 Å². The minimum absolute atomic E-state index is 0.00163. The summed E-state index contributed by atoms with van der Waals surface area (Å²) in [7, 11) is 0. The van der Waals surface area contributed by atoms with Crippen molar-refractivity contribution in [3.8, 4) is 0 Å². The second kappa shape index (κ2) is 18.7. The molecule has 4 heterocycles. The van der Waals surface area contributed by atoms with Gasteiger partial charge in [-0.2, -0.15) is 5.06 Å². The molecular formula is C47H56N2O15. The highest BCUT2D eigenvalue weighted by Crippen LogP contribution is 2.59. The lowest BCUT2D eigenvalue weighted by molar-refractivity contribution is -0.298. The summed E-state index contributed by atoms with van der Waals surface area (Å²) in [6, 6.07) is 23.9. The van der Waals surface area contributed by atoms with E-state index in [-0.39, 0.29) is 32.4 Å². The van der Waals surface area contributed by atoms with E-state index in [1.54, 1.807) is 32.9 Å². The van der Waals surface area contributed by atoms with Crippen LogP contribution in [0.4, 0.5) is 0 Å². The first-order chi connectivity index (χ1) is 30.7. The summed E-state index contributed by atoms with van der Waals surface area (Å²) in [5.74, 6) is -3.24. The summed E-state index contributed by atoms with van der Waals surface area (Å²) in [5, 5.41) is 55.2. The maximum absolute atomic E-state index is 15.1. The first-order valence-electron chi connectivity index (χ1n) is 21.6. The molecular weight excluding hydrogens is 833 g/mol. The summed E-state index contributed by atoms with van der Waals surface area (Å²) in [4.78, 5) is 49.1. The van der Waals surface area contributed by atoms with Crippen LogP contribution in [0.5, 0.6) is 0 Å². The van der Waals surface area contributed by atoms with Crippen molar-refractivity contribution in [2.45, 2.75) is 125 Å². The van der Waals surface area contributed by atoms with Gasteiger partial charge in [0, 0.05) is 24.0 Å². The van der Waals surface area contributed by atoms with Gasteiger partial charge in [0.15, 0.2) is 12.3 Å². The van der Waals surface area contributed by atoms with E-state index in [0.29, 0.717) is 22.3 Å². The molecule has 344 valence electrons. The Bertz CT molecular complexity index is 2110. The van der Waals surface area contributed by atoms with Crippen molar-refractivity contribution in [1.82, 2.24) is 10.4 Å². The Labute approximate surface area is 370 Å². The third kappa shape index (κ3) is 8.75. The number of nitrogens with one attached hydrogen (secondary N) is 1. The van der Waals surface area contributed by atoms with Crippen LogP contribution in [-0.2, 0) is 60.0 Å². The van der Waals surface area contributed by atoms with E-state index >= 15 is 4.79 Å². The van der Waals surface area contributed by atoms with Crippen LogP contribution in [0.3, 0.4) is 0 Å². The van der Waals surface area contributed by atoms with Gasteiger partial charge in [-0.25, -0.2) is 0 Å². The highest BCUT2D eigenvalue weighted by atomic mass is 16.8. The number of rotatable bonds is 15. The Kier molecular flexibility index (Phi) is 13.4. The molecule has 1 aliphatic carbocycles. The van der Waals surface area contributed by atoms with Gasteiger partial charge >= 0.3 is 11.9 Å². The van der Waals surface area contributed by atoms with Gasteiger partial charge < -0.3 is 59.3 Å². The van der Waals surface area contributed by atoms with E-state index in [1.165, 1.54) is 5.06 Å². The summed E-state index contributed by atoms with van der Waals surface area (Å²) in [5.41, 5.74) is 0.395. The Morgan fingerprint density at radius 1 is 0.906 bits per heavy atom. The van der Waals surface area contributed by atoms with E-state index in [9.17, 15) is 35.1 Å². The van der Waals surface area contributed by atoms with Crippen molar-refractivity contribution in [2.75, 3.05) is 19.8 Å². The molecule has 4 saturated heterocycles. The molecule has 17 nitrogen and oxygen atoms in total. The number of fused-ring (bicyclic) bond motifs is 4.